The Bertz CT molecular complexity index is 1580. The number of benzene rings is 1. The highest BCUT2D eigenvalue weighted by Gasteiger charge is 2.15. The van der Waals surface area contributed by atoms with Gasteiger partial charge in [-0.1, -0.05) is 36.9 Å². The number of hydrogen-bond donors (Lipinski definition) is 3. The van der Waals surface area contributed by atoms with Crippen molar-refractivity contribution in [2.24, 2.45) is 0 Å². The minimum Gasteiger partial charge on any atom is -0.354 e. The number of H-pyrrole nitrogens is 2. The van der Waals surface area contributed by atoms with E-state index in [9.17, 15) is 0 Å². The van der Waals surface area contributed by atoms with Gasteiger partial charge in [0.05, 0.1) is 28.6 Å². The van der Waals surface area contributed by atoms with Crippen LogP contribution in [0.4, 0.5) is 5.69 Å². The first-order chi connectivity index (χ1) is 16.2. The summed E-state index contributed by atoms with van der Waals surface area (Å²) in [6, 6.07) is 19.7. The molecule has 8 nitrogen and oxygen atoms in total. The molecule has 0 aliphatic heterocycles. The lowest BCUT2D eigenvalue weighted by Gasteiger charge is -2.10. The van der Waals surface area contributed by atoms with Crippen LogP contribution in [0.2, 0.25) is 0 Å². The highest BCUT2D eigenvalue weighted by Crippen LogP contribution is 2.28. The molecule has 0 bridgehead atoms. The molecule has 158 valence electrons. The number of imidazole rings is 1. The van der Waals surface area contributed by atoms with E-state index in [1.165, 1.54) is 0 Å². The second-order valence-electron chi connectivity index (χ2n) is 7.56. The topological polar surface area (TPSA) is 108 Å². The van der Waals surface area contributed by atoms with Gasteiger partial charge in [0.25, 0.3) is 0 Å². The van der Waals surface area contributed by atoms with Gasteiger partial charge in [-0.3, -0.25) is 10.1 Å². The Morgan fingerprint density at radius 3 is 2.70 bits per heavy atom. The van der Waals surface area contributed by atoms with E-state index in [2.05, 4.69) is 42.0 Å². The van der Waals surface area contributed by atoms with Crippen LogP contribution in [0.1, 0.15) is 5.56 Å². The minimum atomic E-state index is 0.618. The molecule has 0 aliphatic carbocycles. The van der Waals surface area contributed by atoms with Crippen molar-refractivity contribution >= 4 is 33.6 Å². The van der Waals surface area contributed by atoms with Crippen LogP contribution in [0.5, 0.6) is 0 Å². The van der Waals surface area contributed by atoms with E-state index in [0.29, 0.717) is 17.2 Å². The van der Waals surface area contributed by atoms with Gasteiger partial charge in [-0.05, 0) is 35.9 Å². The summed E-state index contributed by atoms with van der Waals surface area (Å²) >= 11 is 0. The molecule has 8 heteroatoms. The van der Waals surface area contributed by atoms with Crippen molar-refractivity contribution in [2.75, 3.05) is 5.32 Å². The van der Waals surface area contributed by atoms with Gasteiger partial charge in [0, 0.05) is 23.7 Å². The second-order valence-corrected chi connectivity index (χ2v) is 7.56. The van der Waals surface area contributed by atoms with E-state index < -0.39 is 0 Å². The van der Waals surface area contributed by atoms with E-state index in [4.69, 9.17) is 4.98 Å². The van der Waals surface area contributed by atoms with Gasteiger partial charge in [-0.15, -0.1) is 0 Å². The van der Waals surface area contributed by atoms with Crippen molar-refractivity contribution in [3.05, 3.63) is 91.4 Å². The van der Waals surface area contributed by atoms with Crippen molar-refractivity contribution in [3.8, 4) is 22.8 Å². The maximum absolute atomic E-state index is 4.87. The predicted molar refractivity (Wildman–Crippen MR) is 129 cm³/mol. The van der Waals surface area contributed by atoms with E-state index in [1.807, 2.05) is 60.7 Å². The van der Waals surface area contributed by atoms with Crippen LogP contribution in [0.25, 0.3) is 50.7 Å². The molecule has 0 saturated carbocycles. The number of pyridine rings is 3. The summed E-state index contributed by atoms with van der Waals surface area (Å²) < 4.78 is 0. The smallest absolute Gasteiger partial charge is 0.178 e. The molecule has 5 heterocycles. The lowest BCUT2D eigenvalue weighted by molar-refractivity contribution is 1.10. The number of anilines is 1. The fourth-order valence-electron chi connectivity index (χ4n) is 3.72. The van der Waals surface area contributed by atoms with Crippen molar-refractivity contribution in [1.29, 1.82) is 0 Å². The second kappa shape index (κ2) is 7.69. The van der Waals surface area contributed by atoms with Crippen LogP contribution in [0.3, 0.4) is 0 Å². The Morgan fingerprint density at radius 1 is 0.909 bits per heavy atom. The van der Waals surface area contributed by atoms with Crippen LogP contribution < -0.4 is 5.32 Å². The van der Waals surface area contributed by atoms with Crippen molar-refractivity contribution in [3.63, 3.8) is 0 Å². The van der Waals surface area contributed by atoms with Crippen LogP contribution >= 0.6 is 0 Å². The number of aromatic nitrogens is 7. The molecule has 0 unspecified atom stereocenters. The minimum absolute atomic E-state index is 0.618. The number of nitrogens with one attached hydrogen (secondary N) is 3. The van der Waals surface area contributed by atoms with Gasteiger partial charge in [0.1, 0.15) is 5.52 Å². The zero-order valence-corrected chi connectivity index (χ0v) is 17.4. The summed E-state index contributed by atoms with van der Waals surface area (Å²) in [5.74, 6) is 0.618. The highest BCUT2D eigenvalue weighted by molar-refractivity contribution is 5.91. The number of aromatic amines is 2. The molecule has 1 aromatic carbocycles. The number of rotatable bonds is 5. The number of nitrogens with zero attached hydrogens (tertiary/aromatic N) is 5. The Morgan fingerprint density at radius 2 is 1.82 bits per heavy atom. The molecular weight excluding hydrogens is 412 g/mol. The zero-order chi connectivity index (χ0) is 22.2. The molecule has 6 aromatic rings. The molecular formula is C25H18N8. The number of hydrogen-bond acceptors (Lipinski definition) is 6. The maximum atomic E-state index is 4.87. The third-order valence-corrected chi connectivity index (χ3v) is 5.34. The van der Waals surface area contributed by atoms with Crippen LogP contribution in [-0.4, -0.2) is 35.1 Å². The molecule has 0 fully saturated rings. The summed E-state index contributed by atoms with van der Waals surface area (Å²) in [6.45, 7) is 4.14. The largest absolute Gasteiger partial charge is 0.354 e. The SMILES string of the molecule is C=C(Nc1cncc(-c2ccc3[nH]nc(-c4nc5ncccc5[nH]4)c3n2)c1)c1ccccc1. The highest BCUT2D eigenvalue weighted by atomic mass is 15.2. The quantitative estimate of drug-likeness (QED) is 0.354. The van der Waals surface area contributed by atoms with Gasteiger partial charge in [-0.25, -0.2) is 15.0 Å². The van der Waals surface area contributed by atoms with Crippen molar-refractivity contribution < 1.29 is 0 Å². The standard InChI is InChI=1S/C25H18N8/c1-15(16-6-3-2-4-7-16)28-18-12-17(13-26-14-18)19-9-10-20-22(29-19)23(33-32-20)25-30-21-8-5-11-27-24(21)31-25/h2-14,28H,1H2,(H,32,33)(H,27,30,31). The Kier molecular flexibility index (Phi) is 4.40. The van der Waals surface area contributed by atoms with E-state index in [1.54, 1.807) is 18.6 Å². The first kappa shape index (κ1) is 18.9. The molecule has 0 aliphatic rings. The van der Waals surface area contributed by atoms with E-state index >= 15 is 0 Å². The van der Waals surface area contributed by atoms with Gasteiger partial charge in [-0.2, -0.15) is 5.10 Å². The molecule has 0 saturated heterocycles. The predicted octanol–water partition coefficient (Wildman–Crippen LogP) is 5.04. The molecule has 0 spiro atoms. The van der Waals surface area contributed by atoms with Gasteiger partial charge in [0.2, 0.25) is 0 Å². The van der Waals surface area contributed by atoms with Gasteiger partial charge in [0.15, 0.2) is 17.2 Å². The van der Waals surface area contributed by atoms with E-state index in [0.717, 1.165) is 44.8 Å². The summed E-state index contributed by atoms with van der Waals surface area (Å²) in [7, 11) is 0. The summed E-state index contributed by atoms with van der Waals surface area (Å²) in [5.41, 5.74) is 7.98. The summed E-state index contributed by atoms with van der Waals surface area (Å²) in [6.07, 6.45) is 5.27. The fourth-order valence-corrected chi connectivity index (χ4v) is 3.72. The van der Waals surface area contributed by atoms with Crippen molar-refractivity contribution in [1.82, 2.24) is 35.1 Å². The van der Waals surface area contributed by atoms with Crippen LogP contribution in [0.15, 0.2) is 85.8 Å². The maximum Gasteiger partial charge on any atom is 0.178 e. The first-order valence-corrected chi connectivity index (χ1v) is 10.4. The lowest BCUT2D eigenvalue weighted by Crippen LogP contribution is -1.98. The van der Waals surface area contributed by atoms with Crippen LogP contribution in [0, 0.1) is 0 Å². The van der Waals surface area contributed by atoms with Crippen LogP contribution in [-0.2, 0) is 0 Å². The third kappa shape index (κ3) is 3.49. The normalized spacial score (nSPS) is 11.2. The van der Waals surface area contributed by atoms with Crippen molar-refractivity contribution in [2.45, 2.75) is 0 Å². The average Bonchev–Trinajstić information content (AvgIpc) is 3.48. The molecule has 3 N–H and O–H groups in total. The monoisotopic (exact) mass is 430 g/mol. The molecule has 33 heavy (non-hydrogen) atoms. The zero-order valence-electron chi connectivity index (χ0n) is 17.4. The lowest BCUT2D eigenvalue weighted by atomic mass is 10.1. The Labute approximate surface area is 188 Å². The fraction of sp³-hybridized carbons (Fsp3) is 0. The summed E-state index contributed by atoms with van der Waals surface area (Å²) in [4.78, 5) is 21.4. The molecule has 0 amide bonds. The van der Waals surface area contributed by atoms with Gasteiger partial charge < -0.3 is 10.3 Å². The molecule has 0 radical (unpaired) electrons. The van der Waals surface area contributed by atoms with E-state index in [-0.39, 0.29) is 0 Å². The summed E-state index contributed by atoms with van der Waals surface area (Å²) in [5, 5.41) is 10.8. The molecule has 6 rings (SSSR count). The first-order valence-electron chi connectivity index (χ1n) is 10.4. The third-order valence-electron chi connectivity index (χ3n) is 5.34. The Hall–Kier alpha value is -4.85. The molecule has 0 atom stereocenters. The van der Waals surface area contributed by atoms with Gasteiger partial charge >= 0.3 is 0 Å². The molecule has 5 aromatic heterocycles. The average molecular weight is 430 g/mol. The number of fused-ring (bicyclic) bond motifs is 2. The Balaban J connectivity index is 1.36.